The first-order valence-corrected chi connectivity index (χ1v) is 5.84. The predicted molar refractivity (Wildman–Crippen MR) is 63.3 cm³/mol. The van der Waals surface area contributed by atoms with Crippen molar-refractivity contribution >= 4 is 44.9 Å². The largest absolute Gasteiger partial charge is 0.293 e. The van der Waals surface area contributed by atoms with Gasteiger partial charge < -0.3 is 0 Å². The number of ketones is 1. The molecule has 1 nitrogen and oxygen atoms in total. The SMILES string of the molecule is CC(Cl)C(=O)c1cc(Br)cc(CCl)c1. The Hall–Kier alpha value is -0.0500. The van der Waals surface area contributed by atoms with Gasteiger partial charge in [-0.1, -0.05) is 15.9 Å². The molecule has 14 heavy (non-hydrogen) atoms. The number of halogens is 3. The summed E-state index contributed by atoms with van der Waals surface area (Å²) < 4.78 is 0.844. The summed E-state index contributed by atoms with van der Waals surface area (Å²) in [7, 11) is 0. The third-order valence-electron chi connectivity index (χ3n) is 1.76. The molecule has 4 heteroatoms. The quantitative estimate of drug-likeness (QED) is 0.608. The summed E-state index contributed by atoms with van der Waals surface area (Å²) in [5.41, 5.74) is 1.50. The molecular weight excluding hydrogens is 287 g/mol. The van der Waals surface area contributed by atoms with Crippen LogP contribution in [0.15, 0.2) is 22.7 Å². The van der Waals surface area contributed by atoms with Crippen molar-refractivity contribution in [2.45, 2.75) is 18.2 Å². The van der Waals surface area contributed by atoms with Crippen LogP contribution in [-0.4, -0.2) is 11.2 Å². The number of benzene rings is 1. The van der Waals surface area contributed by atoms with Gasteiger partial charge in [-0.3, -0.25) is 4.79 Å². The topological polar surface area (TPSA) is 17.1 Å². The molecule has 1 aromatic carbocycles. The van der Waals surface area contributed by atoms with Crippen LogP contribution in [0.1, 0.15) is 22.8 Å². The lowest BCUT2D eigenvalue weighted by molar-refractivity contribution is 0.0991. The second-order valence-electron chi connectivity index (χ2n) is 2.96. The van der Waals surface area contributed by atoms with E-state index in [1.807, 2.05) is 6.07 Å². The van der Waals surface area contributed by atoms with Gasteiger partial charge in [0.05, 0.1) is 5.38 Å². The number of carbonyl (C=O) groups excluding carboxylic acids is 1. The molecule has 0 radical (unpaired) electrons. The van der Waals surface area contributed by atoms with Gasteiger partial charge in [0.15, 0.2) is 5.78 Å². The van der Waals surface area contributed by atoms with Gasteiger partial charge in [-0.05, 0) is 30.7 Å². The van der Waals surface area contributed by atoms with Gasteiger partial charge in [-0.25, -0.2) is 0 Å². The lowest BCUT2D eigenvalue weighted by Crippen LogP contribution is -2.10. The molecule has 0 aliphatic rings. The maximum absolute atomic E-state index is 11.6. The average molecular weight is 296 g/mol. The molecule has 0 amide bonds. The first-order chi connectivity index (χ1) is 6.54. The summed E-state index contributed by atoms with van der Waals surface area (Å²) in [6.45, 7) is 1.66. The van der Waals surface area contributed by atoms with Gasteiger partial charge in [0.1, 0.15) is 0 Å². The highest BCUT2D eigenvalue weighted by atomic mass is 79.9. The van der Waals surface area contributed by atoms with Crippen molar-refractivity contribution in [2.75, 3.05) is 0 Å². The Balaban J connectivity index is 3.09. The molecule has 0 aromatic heterocycles. The van der Waals surface area contributed by atoms with Gasteiger partial charge in [-0.2, -0.15) is 0 Å². The van der Waals surface area contributed by atoms with E-state index in [2.05, 4.69) is 15.9 Å². The average Bonchev–Trinajstić information content (AvgIpc) is 2.15. The van der Waals surface area contributed by atoms with Crippen LogP contribution in [0.4, 0.5) is 0 Å². The minimum Gasteiger partial charge on any atom is -0.293 e. The molecule has 0 heterocycles. The zero-order chi connectivity index (χ0) is 10.7. The maximum atomic E-state index is 11.6. The van der Waals surface area contributed by atoms with Gasteiger partial charge >= 0.3 is 0 Å². The van der Waals surface area contributed by atoms with Crippen LogP contribution in [0.3, 0.4) is 0 Å². The molecular formula is C10H9BrCl2O. The van der Waals surface area contributed by atoms with Gasteiger partial charge in [-0.15, -0.1) is 23.2 Å². The first kappa shape index (κ1) is 12.0. The van der Waals surface area contributed by atoms with E-state index in [-0.39, 0.29) is 5.78 Å². The van der Waals surface area contributed by atoms with Crippen LogP contribution in [0.2, 0.25) is 0 Å². The second-order valence-corrected chi connectivity index (χ2v) is 4.80. The molecule has 1 unspecified atom stereocenters. The van der Waals surface area contributed by atoms with Crippen molar-refractivity contribution < 1.29 is 4.79 Å². The van der Waals surface area contributed by atoms with Gasteiger partial charge in [0, 0.05) is 15.9 Å². The van der Waals surface area contributed by atoms with E-state index < -0.39 is 5.38 Å². The zero-order valence-corrected chi connectivity index (χ0v) is 10.7. The summed E-state index contributed by atoms with van der Waals surface area (Å²) in [6, 6.07) is 5.39. The Morgan fingerprint density at radius 3 is 2.64 bits per heavy atom. The van der Waals surface area contributed by atoms with E-state index in [1.165, 1.54) is 0 Å². The summed E-state index contributed by atoms with van der Waals surface area (Å²) in [5, 5.41) is -0.507. The monoisotopic (exact) mass is 294 g/mol. The highest BCUT2D eigenvalue weighted by Gasteiger charge is 2.13. The van der Waals surface area contributed by atoms with Crippen molar-refractivity contribution in [1.82, 2.24) is 0 Å². The van der Waals surface area contributed by atoms with Crippen molar-refractivity contribution in [3.63, 3.8) is 0 Å². The number of hydrogen-bond donors (Lipinski definition) is 0. The smallest absolute Gasteiger partial charge is 0.180 e. The number of hydrogen-bond acceptors (Lipinski definition) is 1. The molecule has 0 N–H and O–H groups in total. The normalized spacial score (nSPS) is 12.6. The van der Waals surface area contributed by atoms with Crippen molar-refractivity contribution in [1.29, 1.82) is 0 Å². The minimum atomic E-state index is -0.507. The Morgan fingerprint density at radius 1 is 1.50 bits per heavy atom. The van der Waals surface area contributed by atoms with Gasteiger partial charge in [0.2, 0.25) is 0 Å². The molecule has 1 rings (SSSR count). The summed E-state index contributed by atoms with van der Waals surface area (Å²) in [5.74, 6) is 0.301. The Morgan fingerprint density at radius 2 is 2.14 bits per heavy atom. The molecule has 1 atom stereocenters. The highest BCUT2D eigenvalue weighted by molar-refractivity contribution is 9.10. The Bertz CT molecular complexity index is 350. The first-order valence-electron chi connectivity index (χ1n) is 4.08. The van der Waals surface area contributed by atoms with E-state index in [4.69, 9.17) is 23.2 Å². The van der Waals surface area contributed by atoms with Crippen LogP contribution in [0.5, 0.6) is 0 Å². The number of alkyl halides is 2. The highest BCUT2D eigenvalue weighted by Crippen LogP contribution is 2.19. The van der Waals surface area contributed by atoms with E-state index in [1.54, 1.807) is 19.1 Å². The zero-order valence-electron chi connectivity index (χ0n) is 7.56. The number of rotatable bonds is 3. The van der Waals surface area contributed by atoms with Crippen LogP contribution >= 0.6 is 39.1 Å². The number of Topliss-reactive ketones (excluding diaryl/α,β-unsaturated/α-hetero) is 1. The van der Waals surface area contributed by atoms with Crippen molar-refractivity contribution in [3.05, 3.63) is 33.8 Å². The molecule has 0 fully saturated rings. The summed E-state index contributed by atoms with van der Waals surface area (Å²) in [4.78, 5) is 11.6. The molecule has 1 aromatic rings. The molecule has 0 aliphatic heterocycles. The Kier molecular flexibility index (Phi) is 4.42. The predicted octanol–water partition coefficient (Wildman–Crippen LogP) is 4.00. The molecule has 76 valence electrons. The summed E-state index contributed by atoms with van der Waals surface area (Å²) >= 11 is 14.7. The van der Waals surface area contributed by atoms with E-state index in [0.29, 0.717) is 11.4 Å². The maximum Gasteiger partial charge on any atom is 0.180 e. The summed E-state index contributed by atoms with van der Waals surface area (Å²) in [6.07, 6.45) is 0. The van der Waals surface area contributed by atoms with E-state index in [9.17, 15) is 4.79 Å². The fraction of sp³-hybridized carbons (Fsp3) is 0.300. The third kappa shape index (κ3) is 2.97. The molecule has 0 aliphatic carbocycles. The standard InChI is InChI=1S/C10H9BrCl2O/c1-6(13)10(14)8-2-7(5-12)3-9(11)4-8/h2-4,6H,5H2,1H3. The van der Waals surface area contributed by atoms with Crippen molar-refractivity contribution in [3.8, 4) is 0 Å². The fourth-order valence-electron chi connectivity index (χ4n) is 1.10. The lowest BCUT2D eigenvalue weighted by Gasteiger charge is -2.05. The van der Waals surface area contributed by atoms with E-state index >= 15 is 0 Å². The molecule has 0 bridgehead atoms. The molecule has 0 spiro atoms. The number of carbonyl (C=O) groups is 1. The van der Waals surface area contributed by atoms with Crippen molar-refractivity contribution in [2.24, 2.45) is 0 Å². The van der Waals surface area contributed by atoms with Crippen LogP contribution in [-0.2, 0) is 5.88 Å². The Labute approximate surface area is 102 Å². The molecule has 0 saturated heterocycles. The lowest BCUT2D eigenvalue weighted by atomic mass is 10.1. The van der Waals surface area contributed by atoms with Gasteiger partial charge in [0.25, 0.3) is 0 Å². The van der Waals surface area contributed by atoms with Crippen LogP contribution < -0.4 is 0 Å². The second kappa shape index (κ2) is 5.15. The van der Waals surface area contributed by atoms with Crippen LogP contribution in [0, 0.1) is 0 Å². The third-order valence-corrected chi connectivity index (χ3v) is 2.72. The van der Waals surface area contributed by atoms with Crippen LogP contribution in [0.25, 0.3) is 0 Å². The molecule has 0 saturated carbocycles. The fourth-order valence-corrected chi connectivity index (χ4v) is 1.92. The van der Waals surface area contributed by atoms with E-state index in [0.717, 1.165) is 10.0 Å². The minimum absolute atomic E-state index is 0.0840.